The standard InChI is InChI=1S/C20H24N2O2/c1-3-15-9-11-16(12-10-15)24-14-13-22-18-8-6-5-7-17(18)21-20(22)19(23)4-2/h5-12,19,23H,3-4,13-14H2,1-2H3. The molecule has 0 saturated carbocycles. The number of hydrogen-bond donors (Lipinski definition) is 1. The van der Waals surface area contributed by atoms with Gasteiger partial charge in [-0.25, -0.2) is 4.98 Å². The van der Waals surface area contributed by atoms with Crippen molar-refractivity contribution in [2.45, 2.75) is 39.3 Å². The highest BCUT2D eigenvalue weighted by Crippen LogP contribution is 2.22. The van der Waals surface area contributed by atoms with Crippen LogP contribution in [-0.2, 0) is 13.0 Å². The van der Waals surface area contributed by atoms with Gasteiger partial charge in [0.05, 0.1) is 17.6 Å². The average molecular weight is 324 g/mol. The largest absolute Gasteiger partial charge is 0.492 e. The Bertz CT molecular complexity index is 793. The topological polar surface area (TPSA) is 47.3 Å². The molecule has 4 nitrogen and oxygen atoms in total. The summed E-state index contributed by atoms with van der Waals surface area (Å²) in [6.45, 7) is 5.29. The first kappa shape index (κ1) is 16.5. The molecule has 1 aromatic heterocycles. The average Bonchev–Trinajstić information content (AvgIpc) is 3.00. The van der Waals surface area contributed by atoms with Crippen LogP contribution in [-0.4, -0.2) is 21.3 Å². The number of nitrogens with zero attached hydrogens (tertiary/aromatic N) is 2. The summed E-state index contributed by atoms with van der Waals surface area (Å²) in [7, 11) is 0. The first-order valence-electron chi connectivity index (χ1n) is 8.58. The molecular formula is C20H24N2O2. The van der Waals surface area contributed by atoms with Gasteiger partial charge in [0.25, 0.3) is 0 Å². The van der Waals surface area contributed by atoms with Gasteiger partial charge >= 0.3 is 0 Å². The van der Waals surface area contributed by atoms with Crippen molar-refractivity contribution in [2.24, 2.45) is 0 Å². The molecule has 4 heteroatoms. The normalized spacial score (nSPS) is 12.5. The van der Waals surface area contributed by atoms with Gasteiger partial charge < -0.3 is 14.4 Å². The minimum absolute atomic E-state index is 0.537. The lowest BCUT2D eigenvalue weighted by atomic mass is 10.2. The maximum Gasteiger partial charge on any atom is 0.138 e. The Morgan fingerprint density at radius 1 is 1.08 bits per heavy atom. The molecule has 0 aliphatic rings. The number of fused-ring (bicyclic) bond motifs is 1. The molecule has 0 radical (unpaired) electrons. The van der Waals surface area contributed by atoms with Crippen molar-refractivity contribution in [3.63, 3.8) is 0 Å². The molecule has 3 aromatic rings. The number of aliphatic hydroxyl groups excluding tert-OH is 1. The lowest BCUT2D eigenvalue weighted by Gasteiger charge is -2.13. The second-order valence-electron chi connectivity index (χ2n) is 5.88. The van der Waals surface area contributed by atoms with Crippen molar-refractivity contribution in [1.82, 2.24) is 9.55 Å². The first-order valence-corrected chi connectivity index (χ1v) is 8.58. The number of aliphatic hydroxyl groups is 1. The van der Waals surface area contributed by atoms with Gasteiger partial charge in [-0.15, -0.1) is 0 Å². The molecule has 24 heavy (non-hydrogen) atoms. The number of benzene rings is 2. The molecule has 3 rings (SSSR count). The second-order valence-corrected chi connectivity index (χ2v) is 5.88. The molecular weight excluding hydrogens is 300 g/mol. The molecule has 0 aliphatic heterocycles. The summed E-state index contributed by atoms with van der Waals surface area (Å²) in [5, 5.41) is 10.3. The van der Waals surface area contributed by atoms with E-state index in [0.29, 0.717) is 25.4 Å². The molecule has 1 atom stereocenters. The Balaban J connectivity index is 1.76. The number of para-hydroxylation sites is 2. The predicted molar refractivity (Wildman–Crippen MR) is 96.3 cm³/mol. The summed E-state index contributed by atoms with van der Waals surface area (Å²) < 4.78 is 7.93. The van der Waals surface area contributed by atoms with Crippen LogP contribution >= 0.6 is 0 Å². The molecule has 0 spiro atoms. The van der Waals surface area contributed by atoms with Crippen LogP contribution in [0.3, 0.4) is 0 Å². The van der Waals surface area contributed by atoms with E-state index in [9.17, 15) is 5.11 Å². The van der Waals surface area contributed by atoms with Crippen LogP contribution in [0.25, 0.3) is 11.0 Å². The van der Waals surface area contributed by atoms with Gasteiger partial charge in [0.15, 0.2) is 0 Å². The van der Waals surface area contributed by atoms with Gasteiger partial charge in [-0.05, 0) is 42.7 Å². The maximum atomic E-state index is 10.3. The predicted octanol–water partition coefficient (Wildman–Crippen LogP) is 4.12. The van der Waals surface area contributed by atoms with Crippen molar-refractivity contribution in [3.8, 4) is 5.75 Å². The smallest absolute Gasteiger partial charge is 0.138 e. The molecule has 1 heterocycles. The number of aromatic nitrogens is 2. The van der Waals surface area contributed by atoms with Crippen LogP contribution < -0.4 is 4.74 Å². The quantitative estimate of drug-likeness (QED) is 0.711. The van der Waals surface area contributed by atoms with E-state index in [2.05, 4.69) is 28.6 Å². The van der Waals surface area contributed by atoms with Crippen molar-refractivity contribution in [2.75, 3.05) is 6.61 Å². The van der Waals surface area contributed by atoms with Crippen molar-refractivity contribution < 1.29 is 9.84 Å². The zero-order valence-electron chi connectivity index (χ0n) is 14.3. The molecule has 1 N–H and O–H groups in total. The maximum absolute atomic E-state index is 10.3. The van der Waals surface area contributed by atoms with Gasteiger partial charge in [0.1, 0.15) is 24.3 Å². The van der Waals surface area contributed by atoms with E-state index in [4.69, 9.17) is 4.74 Å². The number of aryl methyl sites for hydroxylation is 1. The molecule has 0 bridgehead atoms. The van der Waals surface area contributed by atoms with E-state index in [1.807, 2.05) is 43.3 Å². The van der Waals surface area contributed by atoms with E-state index in [-0.39, 0.29) is 0 Å². The lowest BCUT2D eigenvalue weighted by Crippen LogP contribution is -2.13. The summed E-state index contributed by atoms with van der Waals surface area (Å²) in [4.78, 5) is 4.59. The minimum atomic E-state index is -0.554. The zero-order valence-corrected chi connectivity index (χ0v) is 14.3. The highest BCUT2D eigenvalue weighted by molar-refractivity contribution is 5.76. The first-order chi connectivity index (χ1) is 11.7. The monoisotopic (exact) mass is 324 g/mol. The van der Waals surface area contributed by atoms with Crippen LogP contribution in [0.4, 0.5) is 0 Å². The van der Waals surface area contributed by atoms with Gasteiger partial charge in [-0.3, -0.25) is 0 Å². The van der Waals surface area contributed by atoms with E-state index in [1.165, 1.54) is 5.56 Å². The summed E-state index contributed by atoms with van der Waals surface area (Å²) in [5.41, 5.74) is 3.24. The highest BCUT2D eigenvalue weighted by atomic mass is 16.5. The summed E-state index contributed by atoms with van der Waals surface area (Å²) in [5.74, 6) is 1.58. The Morgan fingerprint density at radius 3 is 2.54 bits per heavy atom. The van der Waals surface area contributed by atoms with E-state index < -0.39 is 6.10 Å². The van der Waals surface area contributed by atoms with Gasteiger partial charge in [-0.1, -0.05) is 38.1 Å². The minimum Gasteiger partial charge on any atom is -0.492 e. The number of rotatable bonds is 7. The molecule has 126 valence electrons. The third-order valence-electron chi connectivity index (χ3n) is 4.28. The summed E-state index contributed by atoms with van der Waals surface area (Å²) in [6, 6.07) is 16.2. The number of hydrogen-bond acceptors (Lipinski definition) is 3. The zero-order chi connectivity index (χ0) is 16.9. The van der Waals surface area contributed by atoms with Crippen LogP contribution in [0, 0.1) is 0 Å². The van der Waals surface area contributed by atoms with Crippen LogP contribution in [0.1, 0.15) is 37.8 Å². The SMILES string of the molecule is CCc1ccc(OCCn2c(C(O)CC)nc3ccccc32)cc1. The molecule has 0 amide bonds. The van der Waals surface area contributed by atoms with E-state index in [0.717, 1.165) is 23.2 Å². The molecule has 0 aliphatic carbocycles. The summed E-state index contributed by atoms with van der Waals surface area (Å²) in [6.07, 6.45) is 1.11. The Morgan fingerprint density at radius 2 is 1.83 bits per heavy atom. The van der Waals surface area contributed by atoms with Crippen molar-refractivity contribution in [1.29, 1.82) is 0 Å². The van der Waals surface area contributed by atoms with Crippen LogP contribution in [0.2, 0.25) is 0 Å². The second kappa shape index (κ2) is 7.49. The Labute approximate surface area is 142 Å². The number of imidazole rings is 1. The fourth-order valence-electron chi connectivity index (χ4n) is 2.84. The third kappa shape index (κ3) is 3.44. The Hall–Kier alpha value is -2.33. The Kier molecular flexibility index (Phi) is 5.16. The van der Waals surface area contributed by atoms with Gasteiger partial charge in [-0.2, -0.15) is 0 Å². The molecule has 0 saturated heterocycles. The lowest BCUT2D eigenvalue weighted by molar-refractivity contribution is 0.157. The van der Waals surface area contributed by atoms with E-state index in [1.54, 1.807) is 0 Å². The summed E-state index contributed by atoms with van der Waals surface area (Å²) >= 11 is 0. The molecule has 2 aromatic carbocycles. The fraction of sp³-hybridized carbons (Fsp3) is 0.350. The van der Waals surface area contributed by atoms with Gasteiger partial charge in [0.2, 0.25) is 0 Å². The van der Waals surface area contributed by atoms with E-state index >= 15 is 0 Å². The molecule has 1 unspecified atom stereocenters. The van der Waals surface area contributed by atoms with Crippen molar-refractivity contribution in [3.05, 3.63) is 59.9 Å². The van der Waals surface area contributed by atoms with Crippen LogP contribution in [0.5, 0.6) is 5.75 Å². The fourth-order valence-corrected chi connectivity index (χ4v) is 2.84. The molecule has 0 fully saturated rings. The van der Waals surface area contributed by atoms with Crippen molar-refractivity contribution >= 4 is 11.0 Å². The third-order valence-corrected chi connectivity index (χ3v) is 4.28. The highest BCUT2D eigenvalue weighted by Gasteiger charge is 2.16. The van der Waals surface area contributed by atoms with Crippen LogP contribution in [0.15, 0.2) is 48.5 Å². The van der Waals surface area contributed by atoms with Gasteiger partial charge in [0, 0.05) is 0 Å². The number of ether oxygens (including phenoxy) is 1.